The van der Waals surface area contributed by atoms with Crippen molar-refractivity contribution in [3.63, 3.8) is 0 Å². The topological polar surface area (TPSA) is 115 Å². The number of nitrogens with one attached hydrogen (secondary N) is 1. The Balaban J connectivity index is 2.32. The van der Waals surface area contributed by atoms with Crippen LogP contribution in [0.25, 0.3) is 0 Å². The summed E-state index contributed by atoms with van der Waals surface area (Å²) in [5.41, 5.74) is 5.75. The van der Waals surface area contributed by atoms with Gasteiger partial charge in [0.25, 0.3) is 15.7 Å². The van der Waals surface area contributed by atoms with Crippen molar-refractivity contribution in [1.29, 1.82) is 0 Å². The summed E-state index contributed by atoms with van der Waals surface area (Å²) in [6, 6.07) is 9.05. The number of nitrogen functional groups attached to an aromatic ring is 1. The molecule has 2 rings (SSSR count). The Hall–Kier alpha value is -2.32. The molecule has 3 N–H and O–H groups in total. The summed E-state index contributed by atoms with van der Waals surface area (Å²) in [6.07, 6.45) is 0. The number of sulfonamides is 1. The lowest BCUT2D eigenvalue weighted by atomic mass is 10.3. The van der Waals surface area contributed by atoms with Crippen LogP contribution in [-0.4, -0.2) is 13.3 Å². The van der Waals surface area contributed by atoms with Gasteiger partial charge in [-0.05, 0) is 30.3 Å². The molecule has 0 fully saturated rings. The van der Waals surface area contributed by atoms with Crippen LogP contribution in [0.15, 0.2) is 47.4 Å². The molecule has 0 spiro atoms. The second-order valence-electron chi connectivity index (χ2n) is 4.10. The predicted molar refractivity (Wildman–Crippen MR) is 79.8 cm³/mol. The fourth-order valence-electron chi connectivity index (χ4n) is 1.55. The third-order valence-corrected chi connectivity index (χ3v) is 4.29. The summed E-state index contributed by atoms with van der Waals surface area (Å²) >= 11 is 5.84. The highest BCUT2D eigenvalue weighted by atomic mass is 35.5. The second kappa shape index (κ2) is 5.58. The number of rotatable bonds is 4. The number of benzene rings is 2. The number of nitrogens with zero attached hydrogens (tertiary/aromatic N) is 1. The Morgan fingerprint density at radius 1 is 1.14 bits per heavy atom. The number of nitrogens with two attached hydrogens (primary N) is 1. The zero-order valence-corrected chi connectivity index (χ0v) is 12.1. The number of non-ortho nitro benzene ring substituents is 1. The Labute approximate surface area is 125 Å². The lowest BCUT2D eigenvalue weighted by Gasteiger charge is -2.09. The Morgan fingerprint density at radius 2 is 1.76 bits per heavy atom. The van der Waals surface area contributed by atoms with Crippen molar-refractivity contribution >= 4 is 38.7 Å². The van der Waals surface area contributed by atoms with Gasteiger partial charge in [-0.25, -0.2) is 8.42 Å². The summed E-state index contributed by atoms with van der Waals surface area (Å²) in [5, 5.41) is 10.5. The van der Waals surface area contributed by atoms with Crippen molar-refractivity contribution in [2.24, 2.45) is 0 Å². The number of anilines is 2. The molecule has 9 heteroatoms. The normalized spacial score (nSPS) is 11.1. The van der Waals surface area contributed by atoms with Gasteiger partial charge in [-0.3, -0.25) is 14.8 Å². The fourth-order valence-corrected chi connectivity index (χ4v) is 2.91. The van der Waals surface area contributed by atoms with Gasteiger partial charge in [-0.15, -0.1) is 0 Å². The number of hydrogen-bond donors (Lipinski definition) is 2. The molecule has 0 unspecified atom stereocenters. The minimum Gasteiger partial charge on any atom is -0.399 e. The van der Waals surface area contributed by atoms with Gasteiger partial charge in [-0.2, -0.15) is 0 Å². The SMILES string of the molecule is Nc1ccc(S(=O)(=O)Nc2ccc([N+](=O)[O-])cc2Cl)cc1. The van der Waals surface area contributed by atoms with E-state index in [0.717, 1.165) is 12.1 Å². The molecule has 0 aliphatic heterocycles. The summed E-state index contributed by atoms with van der Waals surface area (Å²) in [6.45, 7) is 0. The van der Waals surface area contributed by atoms with Crippen molar-refractivity contribution in [3.8, 4) is 0 Å². The van der Waals surface area contributed by atoms with Gasteiger partial charge in [-0.1, -0.05) is 11.6 Å². The van der Waals surface area contributed by atoms with Gasteiger partial charge in [0, 0.05) is 17.8 Å². The van der Waals surface area contributed by atoms with Crippen LogP contribution in [-0.2, 0) is 10.0 Å². The van der Waals surface area contributed by atoms with Crippen LogP contribution in [0.5, 0.6) is 0 Å². The lowest BCUT2D eigenvalue weighted by molar-refractivity contribution is -0.384. The molecule has 0 amide bonds. The summed E-state index contributed by atoms with van der Waals surface area (Å²) in [7, 11) is -3.85. The first-order chi connectivity index (χ1) is 9.79. The van der Waals surface area contributed by atoms with Crippen LogP contribution in [0.3, 0.4) is 0 Å². The summed E-state index contributed by atoms with van der Waals surface area (Å²) in [4.78, 5) is 9.98. The third-order valence-electron chi connectivity index (χ3n) is 2.60. The van der Waals surface area contributed by atoms with E-state index in [4.69, 9.17) is 17.3 Å². The van der Waals surface area contributed by atoms with Crippen LogP contribution < -0.4 is 10.5 Å². The summed E-state index contributed by atoms with van der Waals surface area (Å²) in [5.74, 6) is 0. The fraction of sp³-hybridized carbons (Fsp3) is 0. The number of hydrogen-bond acceptors (Lipinski definition) is 5. The highest BCUT2D eigenvalue weighted by Gasteiger charge is 2.17. The molecule has 2 aromatic carbocycles. The molecule has 0 radical (unpaired) electrons. The zero-order valence-electron chi connectivity index (χ0n) is 10.5. The molecule has 2 aromatic rings. The lowest BCUT2D eigenvalue weighted by Crippen LogP contribution is -2.13. The maximum Gasteiger partial charge on any atom is 0.271 e. The molecular weight excluding hydrogens is 318 g/mol. The van der Waals surface area contributed by atoms with Crippen molar-refractivity contribution in [2.45, 2.75) is 4.90 Å². The number of halogens is 1. The molecule has 7 nitrogen and oxygen atoms in total. The predicted octanol–water partition coefficient (Wildman–Crippen LogP) is 2.63. The highest BCUT2D eigenvalue weighted by molar-refractivity contribution is 7.92. The van der Waals surface area contributed by atoms with E-state index in [-0.39, 0.29) is 21.3 Å². The second-order valence-corrected chi connectivity index (χ2v) is 6.19. The van der Waals surface area contributed by atoms with E-state index in [2.05, 4.69) is 4.72 Å². The van der Waals surface area contributed by atoms with Crippen molar-refractivity contribution < 1.29 is 13.3 Å². The molecule has 21 heavy (non-hydrogen) atoms. The Morgan fingerprint density at radius 3 is 2.29 bits per heavy atom. The van der Waals surface area contributed by atoms with Gasteiger partial charge < -0.3 is 5.73 Å². The smallest absolute Gasteiger partial charge is 0.271 e. The molecular formula is C12H10ClN3O4S. The molecule has 110 valence electrons. The molecule has 0 aliphatic carbocycles. The maximum atomic E-state index is 12.1. The Kier molecular flexibility index (Phi) is 4.01. The van der Waals surface area contributed by atoms with Gasteiger partial charge in [0.15, 0.2) is 0 Å². The minimum atomic E-state index is -3.85. The van der Waals surface area contributed by atoms with Crippen LogP contribution in [0.2, 0.25) is 5.02 Å². The number of nitro groups is 1. The van der Waals surface area contributed by atoms with E-state index in [1.54, 1.807) is 0 Å². The number of nitro benzene ring substituents is 1. The average molecular weight is 328 g/mol. The average Bonchev–Trinajstić information content (AvgIpc) is 2.41. The van der Waals surface area contributed by atoms with Crippen LogP contribution in [0.4, 0.5) is 17.1 Å². The highest BCUT2D eigenvalue weighted by Crippen LogP contribution is 2.28. The van der Waals surface area contributed by atoms with Crippen LogP contribution in [0, 0.1) is 10.1 Å². The van der Waals surface area contributed by atoms with E-state index in [0.29, 0.717) is 5.69 Å². The molecule has 0 aliphatic rings. The van der Waals surface area contributed by atoms with E-state index in [9.17, 15) is 18.5 Å². The quantitative estimate of drug-likeness (QED) is 0.508. The first-order valence-corrected chi connectivity index (χ1v) is 7.48. The van der Waals surface area contributed by atoms with Gasteiger partial charge in [0.2, 0.25) is 0 Å². The first kappa shape index (κ1) is 15.1. The van der Waals surface area contributed by atoms with Crippen LogP contribution >= 0.6 is 11.6 Å². The van der Waals surface area contributed by atoms with E-state index < -0.39 is 14.9 Å². The third kappa shape index (κ3) is 3.41. The monoisotopic (exact) mass is 327 g/mol. The molecule has 0 heterocycles. The van der Waals surface area contributed by atoms with Gasteiger partial charge in [0.1, 0.15) is 0 Å². The zero-order chi connectivity index (χ0) is 15.6. The molecule has 0 saturated carbocycles. The Bertz CT molecular complexity index is 791. The van der Waals surface area contributed by atoms with Crippen molar-refractivity contribution in [2.75, 3.05) is 10.5 Å². The molecule has 0 saturated heterocycles. The van der Waals surface area contributed by atoms with E-state index in [1.165, 1.54) is 30.3 Å². The van der Waals surface area contributed by atoms with Crippen molar-refractivity contribution in [1.82, 2.24) is 0 Å². The maximum absolute atomic E-state index is 12.1. The van der Waals surface area contributed by atoms with E-state index in [1.807, 2.05) is 0 Å². The molecule has 0 aromatic heterocycles. The summed E-state index contributed by atoms with van der Waals surface area (Å²) < 4.78 is 26.5. The van der Waals surface area contributed by atoms with Crippen molar-refractivity contribution in [3.05, 3.63) is 57.6 Å². The van der Waals surface area contributed by atoms with E-state index >= 15 is 0 Å². The van der Waals surface area contributed by atoms with Crippen LogP contribution in [0.1, 0.15) is 0 Å². The van der Waals surface area contributed by atoms with Gasteiger partial charge in [0.05, 0.1) is 20.5 Å². The first-order valence-electron chi connectivity index (χ1n) is 5.62. The molecule has 0 atom stereocenters. The largest absolute Gasteiger partial charge is 0.399 e. The molecule has 0 bridgehead atoms. The standard InChI is InChI=1S/C12H10ClN3O4S/c13-11-7-9(16(17)18)3-6-12(11)15-21(19,20)10-4-1-8(14)2-5-10/h1-7,15H,14H2. The van der Waals surface area contributed by atoms with Gasteiger partial charge >= 0.3 is 0 Å². The minimum absolute atomic E-state index is 0.00567.